The molecule has 0 fully saturated rings. The molecule has 0 unspecified atom stereocenters. The van der Waals surface area contributed by atoms with E-state index in [1.165, 1.54) is 33.6 Å². The first-order chi connectivity index (χ1) is 24.4. The first-order valence-corrected chi connectivity index (χ1v) is 24.1. The van der Waals surface area contributed by atoms with Gasteiger partial charge in [0, 0.05) is 11.4 Å². The molecule has 5 rings (SSSR count). The third-order valence-electron chi connectivity index (χ3n) is 9.26. The van der Waals surface area contributed by atoms with E-state index in [9.17, 15) is 0 Å². The van der Waals surface area contributed by atoms with Crippen LogP contribution in [-0.4, -0.2) is 15.5 Å². The SMILES string of the molecule is CC(C)(C)c1cc(N2C=CN(c3cc(C(C)(C)C)cc(C(C)(C)C)c3)[CH-]2)cc(C(C)(C)C)c1.CC(C)[OH+]c1c([CH]=[Ru]([Cl])[Cl])cccc1-c1ccccc1. The summed E-state index contributed by atoms with van der Waals surface area (Å²) in [4.78, 5) is 4.51. The molecule has 0 spiro atoms. The summed E-state index contributed by atoms with van der Waals surface area (Å²) in [6.07, 6.45) is 4.57. The Bertz CT molecular complexity index is 1770. The molecule has 4 aromatic rings. The summed E-state index contributed by atoms with van der Waals surface area (Å²) < 4.78 is 6.72. The fourth-order valence-electron chi connectivity index (χ4n) is 5.89. The van der Waals surface area contributed by atoms with Gasteiger partial charge in [-0.15, -0.1) is 6.67 Å². The number of halogens is 2. The molecular formula is C47H62Cl2N2ORu. The predicted octanol–water partition coefficient (Wildman–Crippen LogP) is 13.9. The summed E-state index contributed by atoms with van der Waals surface area (Å²) in [6, 6.07) is 30.5. The average Bonchev–Trinajstić information content (AvgIpc) is 3.55. The number of benzene rings is 4. The van der Waals surface area contributed by atoms with Crippen molar-refractivity contribution in [1.82, 2.24) is 0 Å². The zero-order valence-corrected chi connectivity index (χ0v) is 37.7. The molecule has 0 bridgehead atoms. The first kappa shape index (κ1) is 42.8. The van der Waals surface area contributed by atoms with E-state index in [4.69, 9.17) is 24.1 Å². The maximum atomic E-state index is 6.03. The van der Waals surface area contributed by atoms with Crippen LogP contribution in [0.1, 0.15) is 125 Å². The molecule has 1 aliphatic heterocycles. The number of aromatic hydroxyl groups is 1. The third-order valence-corrected chi connectivity index (χ3v) is 11.1. The Hall–Kier alpha value is -2.91. The van der Waals surface area contributed by atoms with Crippen molar-refractivity contribution in [1.29, 1.82) is 0 Å². The Balaban J connectivity index is 0.000000267. The van der Waals surface area contributed by atoms with Gasteiger partial charge in [-0.25, -0.2) is 0 Å². The van der Waals surface area contributed by atoms with Crippen LogP contribution in [0.5, 0.6) is 5.75 Å². The molecule has 0 saturated carbocycles. The van der Waals surface area contributed by atoms with Crippen molar-refractivity contribution in [3.8, 4) is 16.9 Å². The molecular weight excluding hydrogens is 781 g/mol. The molecule has 0 saturated heterocycles. The standard InChI is InChI=1S/C31H45N2.C16H16O.2ClH.Ru/c1-28(2,3)22-15-23(29(4,5)6)18-26(17-22)32-13-14-33(21-32)27-19-24(30(7,8)9)16-25(20-27)31(10,11)12;1-12(2)17-16-13(3)8-7-11-15(16)14-9-5-4-6-10-14;;;/h13-21H,1-12H3;3-12H,1-2H3;2*1H;/q-1;;;;+2/p-1. The van der Waals surface area contributed by atoms with Gasteiger partial charge in [-0.1, -0.05) is 95.2 Å². The molecule has 1 N–H and O–H groups in total. The van der Waals surface area contributed by atoms with Crippen molar-refractivity contribution < 1.29 is 18.3 Å². The molecule has 0 radical (unpaired) electrons. The van der Waals surface area contributed by atoms with Crippen molar-refractivity contribution in [3.05, 3.63) is 132 Å². The number of anilines is 2. The van der Waals surface area contributed by atoms with E-state index < -0.39 is 13.5 Å². The predicted molar refractivity (Wildman–Crippen MR) is 232 cm³/mol. The number of para-hydroxylation sites is 1. The van der Waals surface area contributed by atoms with E-state index in [1.807, 2.05) is 34.9 Å². The van der Waals surface area contributed by atoms with Crippen LogP contribution in [-0.2, 0) is 35.2 Å². The molecule has 4 aromatic carbocycles. The van der Waals surface area contributed by atoms with Crippen molar-refractivity contribution in [2.45, 2.75) is 125 Å². The molecule has 1 aliphatic rings. The second kappa shape index (κ2) is 16.8. The summed E-state index contributed by atoms with van der Waals surface area (Å²) in [5.74, 6) is 0.980. The summed E-state index contributed by atoms with van der Waals surface area (Å²) in [5.41, 5.74) is 11.6. The normalized spacial score (nSPS) is 13.9. The van der Waals surface area contributed by atoms with Crippen LogP contribution in [0.3, 0.4) is 0 Å². The van der Waals surface area contributed by atoms with Crippen molar-refractivity contribution >= 4 is 35.4 Å². The van der Waals surface area contributed by atoms with Gasteiger partial charge < -0.3 is 9.80 Å². The zero-order valence-electron chi connectivity index (χ0n) is 34.4. The van der Waals surface area contributed by atoms with Crippen molar-refractivity contribution in [3.63, 3.8) is 0 Å². The monoisotopic (exact) mass is 842 g/mol. The van der Waals surface area contributed by atoms with Crippen LogP contribution in [0.15, 0.2) is 97.3 Å². The first-order valence-electron chi connectivity index (χ1n) is 18.6. The van der Waals surface area contributed by atoms with Gasteiger partial charge in [0.25, 0.3) is 0 Å². The molecule has 0 aromatic heterocycles. The van der Waals surface area contributed by atoms with E-state index in [0.717, 1.165) is 22.4 Å². The zero-order chi connectivity index (χ0) is 39.5. The Morgan fingerprint density at radius 1 is 0.585 bits per heavy atom. The summed E-state index contributed by atoms with van der Waals surface area (Å²) in [7, 11) is 12.1. The van der Waals surface area contributed by atoms with Crippen LogP contribution < -0.4 is 9.80 Å². The van der Waals surface area contributed by atoms with E-state index in [2.05, 4.69) is 180 Å². The average molecular weight is 843 g/mol. The number of hydrogen-bond donors (Lipinski definition) is 0. The fourth-order valence-corrected chi connectivity index (χ4v) is 7.69. The van der Waals surface area contributed by atoms with Gasteiger partial charge in [0.05, 0.1) is 0 Å². The van der Waals surface area contributed by atoms with E-state index in [-0.39, 0.29) is 27.8 Å². The summed E-state index contributed by atoms with van der Waals surface area (Å²) in [6.45, 7) is 33.9. The Morgan fingerprint density at radius 3 is 1.36 bits per heavy atom. The number of aliphatic hydroxyl groups is 1. The number of hydrogen-bond acceptors (Lipinski definition) is 2. The summed E-state index contributed by atoms with van der Waals surface area (Å²) in [5, 5.41) is 0. The maximum absolute atomic E-state index is 6.03. The van der Waals surface area contributed by atoms with Gasteiger partial charge in [0.15, 0.2) is 0 Å². The second-order valence-corrected chi connectivity index (χ2v) is 24.1. The molecule has 6 heteroatoms. The quantitative estimate of drug-likeness (QED) is 0.109. The van der Waals surface area contributed by atoms with Gasteiger partial charge in [0.2, 0.25) is 0 Å². The van der Waals surface area contributed by atoms with Gasteiger partial charge >= 0.3 is 133 Å². The Labute approximate surface area is 334 Å². The topological polar surface area (TPSA) is 19.3 Å². The third kappa shape index (κ3) is 11.8. The molecule has 0 aliphatic carbocycles. The van der Waals surface area contributed by atoms with E-state index in [0.29, 0.717) is 0 Å². The minimum absolute atomic E-state index is 0.0990. The van der Waals surface area contributed by atoms with E-state index >= 15 is 0 Å². The van der Waals surface area contributed by atoms with Gasteiger partial charge in [-0.3, -0.25) is 0 Å². The van der Waals surface area contributed by atoms with Crippen LogP contribution in [0.4, 0.5) is 11.4 Å². The Morgan fingerprint density at radius 2 is 1.00 bits per heavy atom. The van der Waals surface area contributed by atoms with E-state index in [1.54, 1.807) is 0 Å². The molecule has 288 valence electrons. The molecule has 0 amide bonds. The number of rotatable bonds is 6. The van der Waals surface area contributed by atoms with Crippen LogP contribution in [0.25, 0.3) is 11.1 Å². The van der Waals surface area contributed by atoms with Gasteiger partial charge in [-0.05, 0) is 80.6 Å². The van der Waals surface area contributed by atoms with Gasteiger partial charge in [0.1, 0.15) is 0 Å². The second-order valence-electron chi connectivity index (χ2n) is 18.4. The Kier molecular flexibility index (Phi) is 13.6. The molecule has 3 nitrogen and oxygen atoms in total. The number of nitrogens with zero attached hydrogens (tertiary/aromatic N) is 2. The van der Waals surface area contributed by atoms with Crippen LogP contribution >= 0.6 is 19.4 Å². The molecule has 53 heavy (non-hydrogen) atoms. The van der Waals surface area contributed by atoms with Crippen molar-refractivity contribution in [2.75, 3.05) is 9.80 Å². The summed E-state index contributed by atoms with van der Waals surface area (Å²) >= 11 is -1.87. The number of ether oxygens (including phenoxy) is 1. The van der Waals surface area contributed by atoms with Crippen molar-refractivity contribution in [2.24, 2.45) is 0 Å². The minimum atomic E-state index is -1.87. The molecule has 0 atom stereocenters. The fraction of sp³-hybridized carbons (Fsp3) is 0.404. The van der Waals surface area contributed by atoms with Crippen LogP contribution in [0, 0.1) is 6.67 Å². The van der Waals surface area contributed by atoms with Gasteiger partial charge in [-0.2, -0.15) is 0 Å². The van der Waals surface area contributed by atoms with Crippen LogP contribution in [0.2, 0.25) is 0 Å². The molecule has 1 heterocycles.